The smallest absolute Gasteiger partial charge is 0.418 e. The molecule has 4 rings (SSSR count). The fraction of sp³-hybridized carbons (Fsp3) is 0.143. The number of rotatable bonds is 6. The second kappa shape index (κ2) is 10.8. The van der Waals surface area contributed by atoms with Crippen molar-refractivity contribution in [1.29, 1.82) is 0 Å². The normalized spacial score (nSPS) is 12.0. The van der Waals surface area contributed by atoms with E-state index in [0.29, 0.717) is 32.7 Å². The van der Waals surface area contributed by atoms with E-state index in [0.717, 1.165) is 18.2 Å². The highest BCUT2D eigenvalue weighted by molar-refractivity contribution is 6.32. The van der Waals surface area contributed by atoms with Gasteiger partial charge < -0.3 is 19.9 Å². The summed E-state index contributed by atoms with van der Waals surface area (Å²) in [6, 6.07) is 14.4. The molecule has 0 aliphatic heterocycles. The first-order valence-corrected chi connectivity index (χ1v) is 11.7. The van der Waals surface area contributed by atoms with E-state index in [4.69, 9.17) is 26.2 Å². The third-order valence-electron chi connectivity index (χ3n) is 5.76. The molecule has 0 radical (unpaired) electrons. The number of halogens is 4. The highest BCUT2D eigenvalue weighted by Crippen LogP contribution is 2.36. The molecule has 0 fully saturated rings. The number of anilines is 1. The van der Waals surface area contributed by atoms with Crippen LogP contribution >= 0.6 is 11.6 Å². The summed E-state index contributed by atoms with van der Waals surface area (Å²) in [7, 11) is 0. The Hall–Kier alpha value is -3.92. The lowest BCUT2D eigenvalue weighted by atomic mass is 9.93. The molecule has 0 saturated heterocycles. The van der Waals surface area contributed by atoms with Crippen molar-refractivity contribution < 1.29 is 32.6 Å². The van der Waals surface area contributed by atoms with Crippen molar-refractivity contribution in [3.8, 4) is 11.1 Å². The largest absolute Gasteiger partial charge is 0.422 e. The Morgan fingerprint density at radius 3 is 2.55 bits per heavy atom. The topological polar surface area (TPSA) is 99.8 Å². The number of hydrogen-bond acceptors (Lipinski definition) is 5. The number of nitrogens with one attached hydrogen (secondary N) is 1. The Kier molecular flexibility index (Phi) is 7.73. The van der Waals surface area contributed by atoms with Crippen molar-refractivity contribution in [3.63, 3.8) is 0 Å². The average molecular weight is 544 g/mol. The monoisotopic (exact) mass is 543 g/mol. The molecule has 1 heterocycles. The molecule has 0 unspecified atom stereocenters. The van der Waals surface area contributed by atoms with Crippen LogP contribution in [0.2, 0.25) is 5.02 Å². The van der Waals surface area contributed by atoms with Crippen molar-refractivity contribution >= 4 is 40.2 Å². The minimum Gasteiger partial charge on any atom is -0.422 e. The van der Waals surface area contributed by atoms with Crippen LogP contribution in [0.15, 0.2) is 76.0 Å². The van der Waals surface area contributed by atoms with Crippen LogP contribution in [0, 0.1) is 6.92 Å². The van der Waals surface area contributed by atoms with Gasteiger partial charge in [-0.05, 0) is 54.0 Å². The van der Waals surface area contributed by atoms with Crippen molar-refractivity contribution in [3.05, 3.63) is 104 Å². The van der Waals surface area contributed by atoms with Gasteiger partial charge in [0, 0.05) is 22.0 Å². The van der Waals surface area contributed by atoms with Gasteiger partial charge >= 0.3 is 11.8 Å². The second-order valence-electron chi connectivity index (χ2n) is 8.51. The number of carbonyl (C=O) groups is 1. The van der Waals surface area contributed by atoms with Crippen molar-refractivity contribution in [2.24, 2.45) is 0 Å². The summed E-state index contributed by atoms with van der Waals surface area (Å²) < 4.78 is 45.7. The van der Waals surface area contributed by atoms with E-state index in [2.05, 4.69) is 5.32 Å². The highest BCUT2D eigenvalue weighted by atomic mass is 35.5. The molecular weight excluding hydrogens is 523 g/mol. The molecule has 1 amide bonds. The third kappa shape index (κ3) is 5.96. The molecular formula is C28H21ClF3NO5. The first kappa shape index (κ1) is 27.1. The van der Waals surface area contributed by atoms with Crippen molar-refractivity contribution in [1.82, 2.24) is 0 Å². The Labute approximate surface area is 219 Å². The fourth-order valence-electron chi connectivity index (χ4n) is 4.05. The first-order chi connectivity index (χ1) is 17.9. The maximum Gasteiger partial charge on any atom is 0.418 e. The van der Waals surface area contributed by atoms with Gasteiger partial charge in [0.05, 0.1) is 23.2 Å². The number of aryl methyl sites for hydroxylation is 1. The number of benzene rings is 3. The quantitative estimate of drug-likeness (QED) is 0.206. The van der Waals surface area contributed by atoms with E-state index in [9.17, 15) is 22.8 Å². The van der Waals surface area contributed by atoms with Crippen molar-refractivity contribution in [2.75, 3.05) is 5.32 Å². The number of aliphatic hydroxyl groups is 2. The van der Waals surface area contributed by atoms with Gasteiger partial charge in [0.1, 0.15) is 5.58 Å². The van der Waals surface area contributed by atoms with Gasteiger partial charge in [0.15, 0.2) is 6.29 Å². The molecule has 0 atom stereocenters. The number of carbonyl (C=O) groups excluding carboxylic acids is 1. The van der Waals surface area contributed by atoms with Crippen LogP contribution in [0.3, 0.4) is 0 Å². The zero-order valence-electron chi connectivity index (χ0n) is 19.8. The number of para-hydroxylation sites is 1. The van der Waals surface area contributed by atoms with Crippen LogP contribution in [-0.2, 0) is 17.4 Å². The summed E-state index contributed by atoms with van der Waals surface area (Å²) in [5.41, 5.74) is -0.126. The number of aliphatic hydroxyl groups excluding tert-OH is 1. The van der Waals surface area contributed by atoms with E-state index >= 15 is 0 Å². The second-order valence-corrected chi connectivity index (χ2v) is 8.91. The Bertz CT molecular complexity index is 1610. The number of fused-ring (bicyclic) bond motifs is 1. The average Bonchev–Trinajstić information content (AvgIpc) is 2.84. The van der Waals surface area contributed by atoms with Crippen LogP contribution in [0.4, 0.5) is 18.9 Å². The van der Waals surface area contributed by atoms with Gasteiger partial charge in [-0.2, -0.15) is 13.2 Å². The minimum atomic E-state index is -4.69. The predicted molar refractivity (Wildman–Crippen MR) is 139 cm³/mol. The molecule has 196 valence electrons. The SMILES string of the molecule is Cc1cc2c(-c3cccc(/C=C/C(O)O)c3)c(CC(=O)Nc3ccccc3C(F)(F)F)c(=O)oc2cc1Cl. The summed E-state index contributed by atoms with van der Waals surface area (Å²) in [6.07, 6.45) is -4.33. The summed E-state index contributed by atoms with van der Waals surface area (Å²) in [4.78, 5) is 26.0. The molecule has 4 aromatic rings. The summed E-state index contributed by atoms with van der Waals surface area (Å²) >= 11 is 6.23. The number of hydrogen-bond donors (Lipinski definition) is 3. The molecule has 6 nitrogen and oxygen atoms in total. The summed E-state index contributed by atoms with van der Waals surface area (Å²) in [6.45, 7) is 1.75. The molecule has 0 saturated carbocycles. The lowest BCUT2D eigenvalue weighted by Crippen LogP contribution is -2.22. The van der Waals surface area contributed by atoms with E-state index in [1.165, 1.54) is 24.3 Å². The molecule has 0 aliphatic rings. The molecule has 1 aromatic heterocycles. The zero-order chi connectivity index (χ0) is 27.6. The Balaban J connectivity index is 1.85. The zero-order valence-corrected chi connectivity index (χ0v) is 20.6. The maximum absolute atomic E-state index is 13.4. The molecule has 10 heteroatoms. The van der Waals surface area contributed by atoms with E-state index < -0.39 is 41.7 Å². The number of alkyl halides is 3. The summed E-state index contributed by atoms with van der Waals surface area (Å²) in [5, 5.41) is 21.4. The first-order valence-electron chi connectivity index (χ1n) is 11.3. The fourth-order valence-corrected chi connectivity index (χ4v) is 4.20. The van der Waals surface area contributed by atoms with E-state index in [1.807, 2.05) is 0 Å². The minimum absolute atomic E-state index is 0.0652. The molecule has 0 bridgehead atoms. The summed E-state index contributed by atoms with van der Waals surface area (Å²) in [5.74, 6) is -0.847. The number of amides is 1. The predicted octanol–water partition coefficient (Wildman–Crippen LogP) is 5.95. The maximum atomic E-state index is 13.4. The van der Waals surface area contributed by atoms with Crippen LogP contribution in [0.1, 0.15) is 22.3 Å². The van der Waals surface area contributed by atoms with Gasteiger partial charge in [-0.25, -0.2) is 4.79 Å². The third-order valence-corrected chi connectivity index (χ3v) is 6.17. The van der Waals surface area contributed by atoms with Crippen LogP contribution in [-0.4, -0.2) is 22.4 Å². The molecule has 3 aromatic carbocycles. The van der Waals surface area contributed by atoms with Crippen LogP contribution < -0.4 is 10.9 Å². The van der Waals surface area contributed by atoms with Gasteiger partial charge in [0.25, 0.3) is 0 Å². The van der Waals surface area contributed by atoms with E-state index in [-0.39, 0.29) is 11.1 Å². The van der Waals surface area contributed by atoms with Crippen LogP contribution in [0.25, 0.3) is 28.2 Å². The van der Waals surface area contributed by atoms with Crippen molar-refractivity contribution in [2.45, 2.75) is 25.8 Å². The van der Waals surface area contributed by atoms with Gasteiger partial charge in [0.2, 0.25) is 5.91 Å². The van der Waals surface area contributed by atoms with Gasteiger partial charge in [-0.1, -0.05) is 48.0 Å². The lowest BCUT2D eigenvalue weighted by molar-refractivity contribution is -0.137. The molecule has 0 aliphatic carbocycles. The molecule has 3 N–H and O–H groups in total. The molecule has 0 spiro atoms. The highest BCUT2D eigenvalue weighted by Gasteiger charge is 2.33. The van der Waals surface area contributed by atoms with Gasteiger partial charge in [-0.3, -0.25) is 4.79 Å². The Morgan fingerprint density at radius 1 is 1.11 bits per heavy atom. The van der Waals surface area contributed by atoms with Crippen LogP contribution in [0.5, 0.6) is 0 Å². The van der Waals surface area contributed by atoms with E-state index in [1.54, 1.807) is 37.3 Å². The van der Waals surface area contributed by atoms with Gasteiger partial charge in [-0.15, -0.1) is 0 Å². The molecule has 38 heavy (non-hydrogen) atoms. The standard InChI is InChI=1S/C28H21ClF3NO5/c1-15-11-18-23(14-21(15)29)38-27(37)19(26(18)17-6-4-5-16(12-17)9-10-25(35)36)13-24(34)33-22-8-3-2-7-20(22)28(30,31)32/h2-12,14,25,35-36H,13H2,1H3,(H,33,34)/b10-9+. The lowest BCUT2D eigenvalue weighted by Gasteiger charge is -2.15. The Morgan fingerprint density at radius 2 is 1.84 bits per heavy atom.